The number of likely N-dealkylation sites (N-methyl/N-ethyl adjacent to an activating group) is 1. The van der Waals surface area contributed by atoms with Crippen LogP contribution in [0.2, 0.25) is 0 Å². The summed E-state index contributed by atoms with van der Waals surface area (Å²) in [6.07, 6.45) is 2.55. The van der Waals surface area contributed by atoms with Crippen molar-refractivity contribution in [1.82, 2.24) is 4.90 Å². The van der Waals surface area contributed by atoms with E-state index < -0.39 is 0 Å². The number of nitrogens with two attached hydrogens (primary N) is 1. The molecular weight excluding hydrogens is 148 g/mol. The van der Waals surface area contributed by atoms with E-state index in [9.17, 15) is 0 Å². The third kappa shape index (κ3) is 4.07. The Morgan fingerprint density at radius 1 is 1.25 bits per heavy atom. The summed E-state index contributed by atoms with van der Waals surface area (Å²) in [7, 11) is 2.16. The van der Waals surface area contributed by atoms with E-state index in [0.717, 1.165) is 12.5 Å². The molecule has 2 heteroatoms. The van der Waals surface area contributed by atoms with Crippen molar-refractivity contribution < 1.29 is 0 Å². The summed E-state index contributed by atoms with van der Waals surface area (Å²) in [5, 5.41) is 0. The molecule has 1 unspecified atom stereocenters. The fourth-order valence-electron chi connectivity index (χ4n) is 1.31. The fourth-order valence-corrected chi connectivity index (χ4v) is 1.31. The molecular formula is C10H24N2. The van der Waals surface area contributed by atoms with Gasteiger partial charge in [0, 0.05) is 19.1 Å². The first-order valence-corrected chi connectivity index (χ1v) is 5.05. The fraction of sp³-hybridized carbons (Fsp3) is 1.00. The second-order valence-electron chi connectivity index (χ2n) is 3.71. The lowest BCUT2D eigenvalue weighted by molar-refractivity contribution is 0.216. The molecule has 2 N–H and O–H groups in total. The molecule has 74 valence electrons. The van der Waals surface area contributed by atoms with E-state index in [1.165, 1.54) is 19.4 Å². The molecule has 0 aromatic rings. The molecule has 0 saturated carbocycles. The molecule has 0 saturated heterocycles. The van der Waals surface area contributed by atoms with Crippen LogP contribution < -0.4 is 5.73 Å². The summed E-state index contributed by atoms with van der Waals surface area (Å²) in [4.78, 5) is 2.36. The lowest BCUT2D eigenvalue weighted by Gasteiger charge is -2.27. The molecule has 12 heavy (non-hydrogen) atoms. The highest BCUT2D eigenvalue weighted by atomic mass is 15.1. The van der Waals surface area contributed by atoms with Crippen molar-refractivity contribution in [2.45, 2.75) is 39.7 Å². The molecule has 0 aromatic carbocycles. The highest BCUT2D eigenvalue weighted by Gasteiger charge is 2.11. The second kappa shape index (κ2) is 6.44. The molecule has 0 amide bonds. The average molecular weight is 172 g/mol. The van der Waals surface area contributed by atoms with Crippen molar-refractivity contribution in [2.75, 3.05) is 20.1 Å². The van der Waals surface area contributed by atoms with Crippen LogP contribution in [0.5, 0.6) is 0 Å². The van der Waals surface area contributed by atoms with Crippen LogP contribution in [0.25, 0.3) is 0 Å². The Morgan fingerprint density at radius 3 is 2.08 bits per heavy atom. The lowest BCUT2D eigenvalue weighted by Crippen LogP contribution is -2.38. The van der Waals surface area contributed by atoms with Crippen LogP contribution in [0.15, 0.2) is 0 Å². The third-order valence-corrected chi connectivity index (χ3v) is 2.79. The Labute approximate surface area is 77.1 Å². The molecule has 0 bridgehead atoms. The van der Waals surface area contributed by atoms with Crippen molar-refractivity contribution in [3.63, 3.8) is 0 Å². The molecule has 0 aliphatic heterocycles. The van der Waals surface area contributed by atoms with Crippen LogP contribution in [0.3, 0.4) is 0 Å². The van der Waals surface area contributed by atoms with Crippen LogP contribution in [0.1, 0.15) is 33.6 Å². The average Bonchev–Trinajstić information content (AvgIpc) is 2.12. The summed E-state index contributed by atoms with van der Waals surface area (Å²) in [5.41, 5.74) is 5.59. The maximum atomic E-state index is 5.59. The van der Waals surface area contributed by atoms with Gasteiger partial charge in [-0.15, -0.1) is 0 Å². The maximum absolute atomic E-state index is 5.59. The van der Waals surface area contributed by atoms with Gasteiger partial charge >= 0.3 is 0 Å². The van der Waals surface area contributed by atoms with Crippen LogP contribution in [0.4, 0.5) is 0 Å². The zero-order valence-electron chi connectivity index (χ0n) is 9.01. The minimum Gasteiger partial charge on any atom is -0.329 e. The number of rotatable bonds is 6. The van der Waals surface area contributed by atoms with Crippen LogP contribution in [0, 0.1) is 5.92 Å². The van der Waals surface area contributed by atoms with Crippen LogP contribution >= 0.6 is 0 Å². The number of nitrogens with zero attached hydrogens (tertiary/aromatic N) is 1. The van der Waals surface area contributed by atoms with Crippen molar-refractivity contribution >= 4 is 0 Å². The van der Waals surface area contributed by atoms with Crippen molar-refractivity contribution in [3.8, 4) is 0 Å². The van der Waals surface area contributed by atoms with E-state index in [-0.39, 0.29) is 0 Å². The van der Waals surface area contributed by atoms with E-state index in [4.69, 9.17) is 5.73 Å². The molecule has 0 aromatic heterocycles. The van der Waals surface area contributed by atoms with E-state index in [1.54, 1.807) is 0 Å². The first-order valence-electron chi connectivity index (χ1n) is 5.05. The van der Waals surface area contributed by atoms with Gasteiger partial charge in [0.25, 0.3) is 0 Å². The van der Waals surface area contributed by atoms with Crippen LogP contribution in [-0.4, -0.2) is 31.1 Å². The SMILES string of the molecule is CCC(CC)CN(C)C(C)CN. The maximum Gasteiger partial charge on any atom is 0.0187 e. The molecule has 0 rings (SSSR count). The zero-order valence-corrected chi connectivity index (χ0v) is 9.01. The standard InChI is InChI=1S/C10H24N2/c1-5-10(6-2)8-12(4)9(3)7-11/h9-10H,5-8,11H2,1-4H3. The molecule has 2 nitrogen and oxygen atoms in total. The Balaban J connectivity index is 3.72. The minimum atomic E-state index is 0.519. The van der Waals surface area contributed by atoms with Gasteiger partial charge in [0.2, 0.25) is 0 Å². The first-order chi connectivity index (χ1) is 5.65. The van der Waals surface area contributed by atoms with E-state index in [1.807, 2.05) is 0 Å². The van der Waals surface area contributed by atoms with Gasteiger partial charge in [0.15, 0.2) is 0 Å². The van der Waals surface area contributed by atoms with Gasteiger partial charge < -0.3 is 10.6 Å². The predicted molar refractivity (Wildman–Crippen MR) is 55.2 cm³/mol. The monoisotopic (exact) mass is 172 g/mol. The largest absolute Gasteiger partial charge is 0.329 e. The minimum absolute atomic E-state index is 0.519. The molecule has 0 radical (unpaired) electrons. The molecule has 0 heterocycles. The summed E-state index contributed by atoms with van der Waals surface area (Å²) >= 11 is 0. The van der Waals surface area contributed by atoms with E-state index in [0.29, 0.717) is 6.04 Å². The lowest BCUT2D eigenvalue weighted by atomic mass is 10.0. The summed E-state index contributed by atoms with van der Waals surface area (Å²) < 4.78 is 0. The van der Waals surface area contributed by atoms with E-state index in [2.05, 4.69) is 32.7 Å². The smallest absolute Gasteiger partial charge is 0.0187 e. The highest BCUT2D eigenvalue weighted by Crippen LogP contribution is 2.09. The molecule has 0 aliphatic carbocycles. The van der Waals surface area contributed by atoms with Gasteiger partial charge in [0.05, 0.1) is 0 Å². The predicted octanol–water partition coefficient (Wildman–Crippen LogP) is 1.70. The Bertz CT molecular complexity index is 100. The summed E-state index contributed by atoms with van der Waals surface area (Å²) in [5.74, 6) is 0.837. The topological polar surface area (TPSA) is 29.3 Å². The highest BCUT2D eigenvalue weighted by molar-refractivity contribution is 4.67. The van der Waals surface area contributed by atoms with Crippen molar-refractivity contribution in [2.24, 2.45) is 11.7 Å². The number of hydrogen-bond acceptors (Lipinski definition) is 2. The zero-order chi connectivity index (χ0) is 9.56. The van der Waals surface area contributed by atoms with Gasteiger partial charge in [-0.2, -0.15) is 0 Å². The third-order valence-electron chi connectivity index (χ3n) is 2.79. The van der Waals surface area contributed by atoms with Gasteiger partial charge in [-0.3, -0.25) is 0 Å². The van der Waals surface area contributed by atoms with E-state index >= 15 is 0 Å². The molecule has 0 aliphatic rings. The van der Waals surface area contributed by atoms with Crippen LogP contribution in [-0.2, 0) is 0 Å². The quantitative estimate of drug-likeness (QED) is 0.661. The Morgan fingerprint density at radius 2 is 1.75 bits per heavy atom. The van der Waals surface area contributed by atoms with Gasteiger partial charge in [-0.05, 0) is 19.9 Å². The second-order valence-corrected chi connectivity index (χ2v) is 3.71. The van der Waals surface area contributed by atoms with Gasteiger partial charge in [-0.25, -0.2) is 0 Å². The Hall–Kier alpha value is -0.0800. The summed E-state index contributed by atoms with van der Waals surface area (Å²) in [6, 6.07) is 0.519. The number of hydrogen-bond donors (Lipinski definition) is 1. The van der Waals surface area contributed by atoms with Crippen molar-refractivity contribution in [1.29, 1.82) is 0 Å². The molecule has 0 fully saturated rings. The normalized spacial score (nSPS) is 14.2. The molecule has 1 atom stereocenters. The Kier molecular flexibility index (Phi) is 6.39. The molecule has 0 spiro atoms. The van der Waals surface area contributed by atoms with Crippen molar-refractivity contribution in [3.05, 3.63) is 0 Å². The van der Waals surface area contributed by atoms with Gasteiger partial charge in [-0.1, -0.05) is 26.7 Å². The first kappa shape index (κ1) is 11.9. The summed E-state index contributed by atoms with van der Waals surface area (Å²) in [6.45, 7) is 8.65. The van der Waals surface area contributed by atoms with Gasteiger partial charge in [0.1, 0.15) is 0 Å².